The molecule has 12 heavy (non-hydrogen) atoms. The summed E-state index contributed by atoms with van der Waals surface area (Å²) in [7, 11) is 0. The van der Waals surface area contributed by atoms with E-state index in [1.165, 1.54) is 37.3 Å². The summed E-state index contributed by atoms with van der Waals surface area (Å²) < 4.78 is 0. The van der Waals surface area contributed by atoms with Crippen LogP contribution in [-0.2, 0) is 0 Å². The molecule has 0 aliphatic carbocycles. The Kier molecular flexibility index (Phi) is 2.94. The number of aliphatic hydroxyl groups is 1. The van der Waals surface area contributed by atoms with Gasteiger partial charge in [-0.25, -0.2) is 0 Å². The van der Waals surface area contributed by atoms with Crippen LogP contribution in [0.15, 0.2) is 0 Å². The van der Waals surface area contributed by atoms with Crippen LogP contribution in [0.3, 0.4) is 0 Å². The molecule has 0 aromatic heterocycles. The lowest BCUT2D eigenvalue weighted by Crippen LogP contribution is -2.40. The second-order valence-corrected chi connectivity index (χ2v) is 4.88. The Bertz CT molecular complexity index is 147. The quantitative estimate of drug-likeness (QED) is 0.696. The third-order valence-corrected chi connectivity index (χ3v) is 4.15. The van der Waals surface area contributed by atoms with Crippen LogP contribution in [0.5, 0.6) is 0 Å². The van der Waals surface area contributed by atoms with Crippen molar-refractivity contribution in [3.63, 3.8) is 0 Å². The van der Waals surface area contributed by atoms with Crippen LogP contribution in [0.1, 0.15) is 19.3 Å². The molecule has 0 spiro atoms. The number of rotatable bonds is 2. The van der Waals surface area contributed by atoms with Crippen molar-refractivity contribution in [3.8, 4) is 0 Å². The third-order valence-electron chi connectivity index (χ3n) is 3.01. The molecule has 2 heterocycles. The minimum atomic E-state index is 0.362. The number of likely N-dealkylation sites (tertiary alicyclic amines) is 1. The SMILES string of the molecule is OCC1CCCN1C1CCSC1. The van der Waals surface area contributed by atoms with Crippen LogP contribution < -0.4 is 0 Å². The molecule has 2 aliphatic heterocycles. The van der Waals surface area contributed by atoms with E-state index in [0.29, 0.717) is 12.6 Å². The number of thioether (sulfide) groups is 1. The number of aliphatic hydroxyl groups excluding tert-OH is 1. The summed E-state index contributed by atoms with van der Waals surface area (Å²) in [6.07, 6.45) is 3.82. The summed E-state index contributed by atoms with van der Waals surface area (Å²) in [6.45, 7) is 1.58. The highest BCUT2D eigenvalue weighted by atomic mass is 32.2. The minimum Gasteiger partial charge on any atom is -0.395 e. The van der Waals surface area contributed by atoms with Gasteiger partial charge in [-0.1, -0.05) is 0 Å². The van der Waals surface area contributed by atoms with E-state index in [2.05, 4.69) is 16.7 Å². The Hall–Kier alpha value is 0.270. The molecule has 70 valence electrons. The second kappa shape index (κ2) is 3.99. The monoisotopic (exact) mass is 187 g/mol. The van der Waals surface area contributed by atoms with E-state index in [1.807, 2.05) is 0 Å². The van der Waals surface area contributed by atoms with Crippen molar-refractivity contribution in [3.05, 3.63) is 0 Å². The lowest BCUT2D eigenvalue weighted by molar-refractivity contribution is 0.128. The highest BCUT2D eigenvalue weighted by Gasteiger charge is 2.31. The summed E-state index contributed by atoms with van der Waals surface area (Å²) >= 11 is 2.06. The van der Waals surface area contributed by atoms with Gasteiger partial charge in [-0.2, -0.15) is 11.8 Å². The van der Waals surface area contributed by atoms with Gasteiger partial charge in [-0.3, -0.25) is 4.90 Å². The summed E-state index contributed by atoms with van der Waals surface area (Å²) in [6, 6.07) is 1.25. The molecular formula is C9H17NOS. The summed E-state index contributed by atoms with van der Waals surface area (Å²) in [5.74, 6) is 2.61. The maximum Gasteiger partial charge on any atom is 0.0586 e. The van der Waals surface area contributed by atoms with E-state index in [4.69, 9.17) is 5.11 Å². The zero-order chi connectivity index (χ0) is 8.39. The van der Waals surface area contributed by atoms with Gasteiger partial charge in [0.15, 0.2) is 0 Å². The molecule has 2 fully saturated rings. The van der Waals surface area contributed by atoms with Crippen LogP contribution in [0.2, 0.25) is 0 Å². The largest absolute Gasteiger partial charge is 0.395 e. The van der Waals surface area contributed by atoms with Gasteiger partial charge >= 0.3 is 0 Å². The van der Waals surface area contributed by atoms with E-state index >= 15 is 0 Å². The van der Waals surface area contributed by atoms with Gasteiger partial charge in [0.2, 0.25) is 0 Å². The zero-order valence-corrected chi connectivity index (χ0v) is 8.22. The molecule has 2 saturated heterocycles. The van der Waals surface area contributed by atoms with Crippen molar-refractivity contribution in [2.75, 3.05) is 24.7 Å². The highest BCUT2D eigenvalue weighted by molar-refractivity contribution is 7.99. The lowest BCUT2D eigenvalue weighted by atomic mass is 10.2. The number of hydrogen-bond acceptors (Lipinski definition) is 3. The van der Waals surface area contributed by atoms with E-state index in [-0.39, 0.29) is 0 Å². The topological polar surface area (TPSA) is 23.5 Å². The smallest absolute Gasteiger partial charge is 0.0586 e. The van der Waals surface area contributed by atoms with Gasteiger partial charge in [-0.05, 0) is 31.6 Å². The zero-order valence-electron chi connectivity index (χ0n) is 7.41. The first-order chi connectivity index (χ1) is 5.92. The molecule has 0 saturated carbocycles. The Morgan fingerprint density at radius 1 is 1.42 bits per heavy atom. The normalized spacial score (nSPS) is 37.8. The average Bonchev–Trinajstić information content (AvgIpc) is 2.74. The van der Waals surface area contributed by atoms with Crippen molar-refractivity contribution in [2.45, 2.75) is 31.3 Å². The fourth-order valence-corrected chi connectivity index (χ4v) is 3.55. The van der Waals surface area contributed by atoms with Crippen molar-refractivity contribution in [2.24, 2.45) is 0 Å². The maximum atomic E-state index is 9.15. The molecule has 0 aromatic rings. The first kappa shape index (κ1) is 8.85. The maximum absolute atomic E-state index is 9.15. The summed E-state index contributed by atoms with van der Waals surface area (Å²) in [4.78, 5) is 2.53. The van der Waals surface area contributed by atoms with Gasteiger partial charge in [0.1, 0.15) is 0 Å². The van der Waals surface area contributed by atoms with Crippen molar-refractivity contribution in [1.29, 1.82) is 0 Å². The number of nitrogens with zero attached hydrogens (tertiary/aromatic N) is 1. The average molecular weight is 187 g/mol. The van der Waals surface area contributed by atoms with Crippen LogP contribution in [-0.4, -0.2) is 46.7 Å². The Morgan fingerprint density at radius 3 is 3.00 bits per heavy atom. The van der Waals surface area contributed by atoms with Gasteiger partial charge in [0, 0.05) is 17.8 Å². The van der Waals surface area contributed by atoms with Crippen molar-refractivity contribution < 1.29 is 5.11 Å². The molecule has 1 N–H and O–H groups in total. The van der Waals surface area contributed by atoms with E-state index < -0.39 is 0 Å². The van der Waals surface area contributed by atoms with Gasteiger partial charge in [0.05, 0.1) is 6.61 Å². The molecule has 0 bridgehead atoms. The Morgan fingerprint density at radius 2 is 2.33 bits per heavy atom. The first-order valence-electron chi connectivity index (χ1n) is 4.86. The molecule has 0 amide bonds. The Labute approximate surface area is 78.3 Å². The molecule has 2 atom stereocenters. The van der Waals surface area contributed by atoms with Gasteiger partial charge < -0.3 is 5.11 Å². The van der Waals surface area contributed by atoms with Crippen LogP contribution in [0.4, 0.5) is 0 Å². The molecule has 2 unspecified atom stereocenters. The predicted octanol–water partition coefficient (Wildman–Crippen LogP) is 0.949. The van der Waals surface area contributed by atoms with E-state index in [9.17, 15) is 0 Å². The van der Waals surface area contributed by atoms with Crippen molar-refractivity contribution in [1.82, 2.24) is 4.90 Å². The van der Waals surface area contributed by atoms with Crippen LogP contribution in [0.25, 0.3) is 0 Å². The number of hydrogen-bond donors (Lipinski definition) is 1. The fourth-order valence-electron chi connectivity index (χ4n) is 2.32. The standard InChI is InChI=1S/C9H17NOS/c11-6-8-2-1-4-10(8)9-3-5-12-7-9/h8-9,11H,1-7H2. The third kappa shape index (κ3) is 1.63. The molecule has 0 radical (unpaired) electrons. The van der Waals surface area contributed by atoms with E-state index in [0.717, 1.165) is 6.04 Å². The molecule has 0 aromatic carbocycles. The summed E-state index contributed by atoms with van der Waals surface area (Å²) in [5, 5.41) is 9.15. The van der Waals surface area contributed by atoms with E-state index in [1.54, 1.807) is 0 Å². The molecule has 2 rings (SSSR count). The van der Waals surface area contributed by atoms with Crippen LogP contribution in [0, 0.1) is 0 Å². The second-order valence-electron chi connectivity index (χ2n) is 3.73. The molecule has 3 heteroatoms. The molecule has 2 nitrogen and oxygen atoms in total. The van der Waals surface area contributed by atoms with Gasteiger partial charge in [-0.15, -0.1) is 0 Å². The Balaban J connectivity index is 1.92. The minimum absolute atomic E-state index is 0.362. The lowest BCUT2D eigenvalue weighted by Gasteiger charge is -2.28. The van der Waals surface area contributed by atoms with Crippen molar-refractivity contribution >= 4 is 11.8 Å². The molecular weight excluding hydrogens is 170 g/mol. The van der Waals surface area contributed by atoms with Crippen LogP contribution >= 0.6 is 11.8 Å². The summed E-state index contributed by atoms with van der Waals surface area (Å²) in [5.41, 5.74) is 0. The highest BCUT2D eigenvalue weighted by Crippen LogP contribution is 2.28. The predicted molar refractivity (Wildman–Crippen MR) is 52.5 cm³/mol. The molecule has 2 aliphatic rings. The van der Waals surface area contributed by atoms with Gasteiger partial charge in [0.25, 0.3) is 0 Å². The fraction of sp³-hybridized carbons (Fsp3) is 1.00. The first-order valence-corrected chi connectivity index (χ1v) is 6.01.